The molecule has 0 fully saturated rings. The molecule has 2 aromatic carbocycles. The third-order valence-corrected chi connectivity index (χ3v) is 7.04. The number of nitrogens with zero attached hydrogens (tertiary/aromatic N) is 2. The van der Waals surface area contributed by atoms with Crippen molar-refractivity contribution in [3.05, 3.63) is 65.2 Å². The third kappa shape index (κ3) is 7.82. The van der Waals surface area contributed by atoms with Crippen LogP contribution in [-0.2, 0) is 31.6 Å². The topological polar surface area (TPSA) is 86.8 Å². The van der Waals surface area contributed by atoms with Gasteiger partial charge in [-0.05, 0) is 61.9 Å². The molecule has 1 atom stereocenters. The van der Waals surface area contributed by atoms with Crippen molar-refractivity contribution in [2.75, 3.05) is 17.1 Å². The van der Waals surface area contributed by atoms with Gasteiger partial charge < -0.3 is 10.2 Å². The molecule has 8 heteroatoms. The number of hydrogen-bond acceptors (Lipinski definition) is 4. The number of amides is 2. The molecular weight excluding hydrogens is 462 g/mol. The Bertz CT molecular complexity index is 1140. The number of aryl methyl sites for hydroxylation is 1. The Morgan fingerprint density at radius 3 is 2.03 bits per heavy atom. The summed E-state index contributed by atoms with van der Waals surface area (Å²) in [5.41, 5.74) is 3.25. The molecular formula is C27H39N3O4S. The fourth-order valence-corrected chi connectivity index (χ4v) is 4.55. The Labute approximate surface area is 210 Å². The molecule has 2 amide bonds. The van der Waals surface area contributed by atoms with Gasteiger partial charge in [0.2, 0.25) is 21.8 Å². The number of benzene rings is 2. The third-order valence-electron chi connectivity index (χ3n) is 5.90. The Morgan fingerprint density at radius 1 is 0.971 bits per heavy atom. The molecule has 0 bridgehead atoms. The Balaban J connectivity index is 2.41. The lowest BCUT2D eigenvalue weighted by molar-refractivity contribution is -0.139. The van der Waals surface area contributed by atoms with Gasteiger partial charge in [0.1, 0.15) is 12.6 Å². The van der Waals surface area contributed by atoms with Crippen molar-refractivity contribution in [3.63, 3.8) is 0 Å². The van der Waals surface area contributed by atoms with Crippen molar-refractivity contribution in [1.82, 2.24) is 10.2 Å². The van der Waals surface area contributed by atoms with E-state index < -0.39 is 28.5 Å². The van der Waals surface area contributed by atoms with Crippen molar-refractivity contribution < 1.29 is 18.0 Å². The first-order valence-corrected chi connectivity index (χ1v) is 13.7. The molecule has 0 aliphatic carbocycles. The summed E-state index contributed by atoms with van der Waals surface area (Å²) >= 11 is 0. The maximum Gasteiger partial charge on any atom is 0.244 e. The molecule has 1 N–H and O–H groups in total. The SMILES string of the molecule is Cc1ccccc1CN(C(=O)CN(c1ccc(C(C)(C)C)cc1)S(C)(=O)=O)C(C)C(=O)NC(C)C. The van der Waals surface area contributed by atoms with Crippen molar-refractivity contribution in [2.45, 2.75) is 72.5 Å². The van der Waals surface area contributed by atoms with Crippen molar-refractivity contribution in [2.24, 2.45) is 0 Å². The zero-order chi connectivity index (χ0) is 26.6. The Morgan fingerprint density at radius 2 is 1.54 bits per heavy atom. The molecule has 0 aromatic heterocycles. The minimum atomic E-state index is -3.76. The number of sulfonamides is 1. The fraction of sp³-hybridized carbons (Fsp3) is 0.481. The summed E-state index contributed by atoms with van der Waals surface area (Å²) in [6.45, 7) is 13.3. The highest BCUT2D eigenvalue weighted by molar-refractivity contribution is 7.92. The first kappa shape index (κ1) is 28.4. The van der Waals surface area contributed by atoms with E-state index in [0.717, 1.165) is 27.3 Å². The summed E-state index contributed by atoms with van der Waals surface area (Å²) in [4.78, 5) is 27.9. The van der Waals surface area contributed by atoms with Crippen LogP contribution in [0.2, 0.25) is 0 Å². The summed E-state index contributed by atoms with van der Waals surface area (Å²) in [5.74, 6) is -0.743. The average Bonchev–Trinajstić information content (AvgIpc) is 2.74. The summed E-state index contributed by atoms with van der Waals surface area (Å²) in [6, 6.07) is 14.0. The number of nitrogens with one attached hydrogen (secondary N) is 1. The van der Waals surface area contributed by atoms with Crippen LogP contribution in [-0.4, -0.2) is 50.0 Å². The van der Waals surface area contributed by atoms with Crippen molar-refractivity contribution in [1.29, 1.82) is 0 Å². The quantitative estimate of drug-likeness (QED) is 0.563. The van der Waals surface area contributed by atoms with Crippen LogP contribution in [0.4, 0.5) is 5.69 Å². The predicted octanol–water partition coefficient (Wildman–Crippen LogP) is 4.00. The van der Waals surface area contributed by atoms with Gasteiger partial charge in [-0.1, -0.05) is 57.2 Å². The van der Waals surface area contributed by atoms with Crippen LogP contribution in [0.15, 0.2) is 48.5 Å². The summed E-state index contributed by atoms with van der Waals surface area (Å²) in [7, 11) is -3.76. The number of anilines is 1. The molecule has 7 nitrogen and oxygen atoms in total. The van der Waals surface area contributed by atoms with Gasteiger partial charge in [-0.25, -0.2) is 8.42 Å². The highest BCUT2D eigenvalue weighted by Crippen LogP contribution is 2.26. The van der Waals surface area contributed by atoms with Gasteiger partial charge in [-0.3, -0.25) is 13.9 Å². The van der Waals surface area contributed by atoms with Crippen LogP contribution < -0.4 is 9.62 Å². The van der Waals surface area contributed by atoms with Crippen LogP contribution in [0.3, 0.4) is 0 Å². The zero-order valence-electron chi connectivity index (χ0n) is 22.1. The zero-order valence-corrected chi connectivity index (χ0v) is 22.9. The van der Waals surface area contributed by atoms with Gasteiger partial charge >= 0.3 is 0 Å². The van der Waals surface area contributed by atoms with Crippen LogP contribution >= 0.6 is 0 Å². The lowest BCUT2D eigenvalue weighted by Crippen LogP contribution is -2.52. The Kier molecular flexibility index (Phi) is 9.11. The standard InChI is InChI=1S/C27H39N3O4S/c1-19(2)28-26(32)21(4)29(17-22-12-10-9-11-20(22)3)25(31)18-30(35(8,33)34)24-15-13-23(14-16-24)27(5,6)7/h9-16,19,21H,17-18H2,1-8H3,(H,28,32). The lowest BCUT2D eigenvalue weighted by atomic mass is 9.87. The van der Waals surface area contributed by atoms with Crippen LogP contribution in [0.1, 0.15) is 58.2 Å². The molecule has 0 aliphatic heterocycles. The average molecular weight is 502 g/mol. The minimum absolute atomic E-state index is 0.0887. The molecule has 0 saturated heterocycles. The molecule has 35 heavy (non-hydrogen) atoms. The van der Waals surface area contributed by atoms with Crippen LogP contribution in [0.25, 0.3) is 0 Å². The second kappa shape index (κ2) is 11.2. The first-order chi connectivity index (χ1) is 16.1. The maximum atomic E-state index is 13.6. The van der Waals surface area contributed by atoms with Crippen molar-refractivity contribution >= 4 is 27.5 Å². The molecule has 192 valence electrons. The largest absolute Gasteiger partial charge is 0.352 e. The van der Waals surface area contributed by atoms with Gasteiger partial charge in [0.05, 0.1) is 11.9 Å². The smallest absolute Gasteiger partial charge is 0.244 e. The van der Waals surface area contributed by atoms with Crippen LogP contribution in [0.5, 0.6) is 0 Å². The lowest BCUT2D eigenvalue weighted by Gasteiger charge is -2.32. The van der Waals surface area contributed by atoms with Crippen LogP contribution in [0, 0.1) is 6.92 Å². The number of carbonyl (C=O) groups is 2. The van der Waals surface area contributed by atoms with Gasteiger partial charge in [0, 0.05) is 12.6 Å². The van der Waals surface area contributed by atoms with E-state index in [9.17, 15) is 18.0 Å². The molecule has 0 radical (unpaired) electrons. The minimum Gasteiger partial charge on any atom is -0.352 e. The number of rotatable bonds is 9. The highest BCUT2D eigenvalue weighted by Gasteiger charge is 2.30. The maximum absolute atomic E-state index is 13.6. The first-order valence-electron chi connectivity index (χ1n) is 11.8. The molecule has 0 saturated carbocycles. The van der Waals surface area contributed by atoms with Gasteiger partial charge in [0.25, 0.3) is 0 Å². The van der Waals surface area contributed by atoms with E-state index in [1.807, 2.05) is 57.2 Å². The number of carbonyl (C=O) groups excluding carboxylic acids is 2. The normalized spacial score (nSPS) is 12.8. The predicted molar refractivity (Wildman–Crippen MR) is 142 cm³/mol. The second-order valence-corrected chi connectivity index (χ2v) is 12.3. The molecule has 1 unspecified atom stereocenters. The molecule has 2 rings (SSSR count). The van der Waals surface area contributed by atoms with E-state index in [1.165, 1.54) is 4.90 Å². The van der Waals surface area contributed by atoms with E-state index in [-0.39, 0.29) is 23.9 Å². The van der Waals surface area contributed by atoms with E-state index in [2.05, 4.69) is 26.1 Å². The fourth-order valence-electron chi connectivity index (χ4n) is 3.70. The van der Waals surface area contributed by atoms with Gasteiger partial charge in [0.15, 0.2) is 0 Å². The number of hydrogen-bond donors (Lipinski definition) is 1. The van der Waals surface area contributed by atoms with Gasteiger partial charge in [-0.15, -0.1) is 0 Å². The Hall–Kier alpha value is -2.87. The molecule has 0 heterocycles. The molecule has 0 aliphatic rings. The molecule has 2 aromatic rings. The monoisotopic (exact) mass is 501 g/mol. The summed E-state index contributed by atoms with van der Waals surface area (Å²) < 4.78 is 26.5. The highest BCUT2D eigenvalue weighted by atomic mass is 32.2. The van der Waals surface area contributed by atoms with E-state index >= 15 is 0 Å². The summed E-state index contributed by atoms with van der Waals surface area (Å²) in [5, 5.41) is 2.85. The van der Waals surface area contributed by atoms with E-state index in [1.54, 1.807) is 19.1 Å². The molecule has 0 spiro atoms. The van der Waals surface area contributed by atoms with Crippen molar-refractivity contribution in [3.8, 4) is 0 Å². The van der Waals surface area contributed by atoms with Gasteiger partial charge in [-0.2, -0.15) is 0 Å². The summed E-state index contributed by atoms with van der Waals surface area (Å²) in [6.07, 6.45) is 1.08. The second-order valence-electron chi connectivity index (χ2n) is 10.4. The van der Waals surface area contributed by atoms with E-state index in [0.29, 0.717) is 5.69 Å². The van der Waals surface area contributed by atoms with E-state index in [4.69, 9.17) is 0 Å².